The topological polar surface area (TPSA) is 127 Å². The first-order chi connectivity index (χ1) is 17.4. The number of fused-ring (bicyclic) bond motifs is 1. The average Bonchev–Trinajstić information content (AvgIpc) is 3.63. The van der Waals surface area contributed by atoms with E-state index in [1.807, 2.05) is 41.3 Å². The number of carbonyl (C=O) groups excluding carboxylic acids is 1. The molecule has 1 unspecified atom stereocenters. The molecule has 2 aromatic carbocycles. The van der Waals surface area contributed by atoms with E-state index in [2.05, 4.69) is 27.0 Å². The maximum Gasteiger partial charge on any atom is 0.328 e. The van der Waals surface area contributed by atoms with Gasteiger partial charge in [0.1, 0.15) is 5.82 Å². The number of likely N-dealkylation sites (tertiary alicyclic amines) is 2. The molecule has 9 heteroatoms. The number of amides is 1. The minimum Gasteiger partial charge on any atom is -0.478 e. The molecule has 0 spiro atoms. The number of hydrogen-bond donors (Lipinski definition) is 3. The summed E-state index contributed by atoms with van der Waals surface area (Å²) in [4.78, 5) is 44.6. The lowest BCUT2D eigenvalue weighted by molar-refractivity contribution is -0.134. The minimum absolute atomic E-state index is 0.164. The van der Waals surface area contributed by atoms with Gasteiger partial charge in [-0.2, -0.15) is 0 Å². The summed E-state index contributed by atoms with van der Waals surface area (Å²) in [6, 6.07) is 16.6. The number of hydrogen-bond acceptors (Lipinski definition) is 5. The van der Waals surface area contributed by atoms with E-state index in [9.17, 15) is 14.4 Å². The molecule has 0 aliphatic carbocycles. The summed E-state index contributed by atoms with van der Waals surface area (Å²) >= 11 is 0. The van der Waals surface area contributed by atoms with Crippen LogP contribution in [0.3, 0.4) is 0 Å². The third-order valence-corrected chi connectivity index (χ3v) is 6.49. The number of nitrogens with one attached hydrogen (secondary N) is 1. The predicted octanol–water partition coefficient (Wildman–Crippen LogP) is 3.18. The molecule has 1 aromatic heterocycles. The fourth-order valence-corrected chi connectivity index (χ4v) is 4.70. The smallest absolute Gasteiger partial charge is 0.328 e. The highest BCUT2D eigenvalue weighted by molar-refractivity contribution is 5.94. The predicted molar refractivity (Wildman–Crippen MR) is 135 cm³/mol. The molecule has 5 rings (SSSR count). The molecule has 2 fully saturated rings. The number of aromatic amines is 1. The lowest BCUT2D eigenvalue weighted by Gasteiger charge is -2.23. The van der Waals surface area contributed by atoms with Crippen molar-refractivity contribution in [3.8, 4) is 0 Å². The summed E-state index contributed by atoms with van der Waals surface area (Å²) in [5, 5.41) is 15.6. The maximum atomic E-state index is 12.9. The van der Waals surface area contributed by atoms with Crippen LogP contribution >= 0.6 is 0 Å². The first-order valence-electron chi connectivity index (χ1n) is 12.1. The normalized spacial score (nSPS) is 17.9. The second-order valence-electron chi connectivity index (χ2n) is 9.02. The van der Waals surface area contributed by atoms with Gasteiger partial charge in [-0.3, -0.25) is 9.69 Å². The van der Waals surface area contributed by atoms with Gasteiger partial charge in [-0.25, -0.2) is 14.6 Å². The van der Waals surface area contributed by atoms with E-state index in [4.69, 9.17) is 10.2 Å². The van der Waals surface area contributed by atoms with E-state index in [1.165, 1.54) is 25.9 Å². The molecule has 3 heterocycles. The Hall–Kier alpha value is -3.98. The second-order valence-corrected chi connectivity index (χ2v) is 9.02. The first kappa shape index (κ1) is 25.1. The molecule has 0 radical (unpaired) electrons. The third-order valence-electron chi connectivity index (χ3n) is 6.49. The highest BCUT2D eigenvalue weighted by atomic mass is 16.4. The summed E-state index contributed by atoms with van der Waals surface area (Å²) in [6.45, 7) is 4.15. The van der Waals surface area contributed by atoms with E-state index in [-0.39, 0.29) is 5.91 Å². The Bertz CT molecular complexity index is 1200. The number of benzene rings is 2. The molecule has 9 nitrogen and oxygen atoms in total. The summed E-state index contributed by atoms with van der Waals surface area (Å²) < 4.78 is 0. The number of nitrogens with zero attached hydrogens (tertiary/aromatic N) is 3. The fourth-order valence-electron chi connectivity index (χ4n) is 4.70. The van der Waals surface area contributed by atoms with Gasteiger partial charge in [0.15, 0.2) is 0 Å². The van der Waals surface area contributed by atoms with Crippen LogP contribution in [0.1, 0.15) is 41.0 Å². The highest BCUT2D eigenvalue weighted by Crippen LogP contribution is 2.22. The van der Waals surface area contributed by atoms with Crippen molar-refractivity contribution in [1.82, 2.24) is 19.8 Å². The second kappa shape index (κ2) is 11.6. The van der Waals surface area contributed by atoms with Gasteiger partial charge < -0.3 is 20.1 Å². The molecule has 0 saturated carbocycles. The number of aromatic nitrogens is 2. The van der Waals surface area contributed by atoms with Gasteiger partial charge in [0.25, 0.3) is 5.91 Å². The van der Waals surface area contributed by atoms with Gasteiger partial charge in [-0.05, 0) is 62.2 Å². The Morgan fingerprint density at radius 1 is 0.944 bits per heavy atom. The SMILES string of the molecule is O=C(O)C=CC(=O)O.O=C(c1ccc(Cc2nc3ccccc3[nH]2)cc1)N1CCC(N2CCCC2)C1. The van der Waals surface area contributed by atoms with Crippen molar-refractivity contribution in [3.63, 3.8) is 0 Å². The maximum absolute atomic E-state index is 12.9. The standard InChI is InChI=1S/C23H26N4O.C4H4O4/c28-23(27-14-11-19(16-27)26-12-3-4-13-26)18-9-7-17(8-10-18)15-22-24-20-5-1-2-6-21(20)25-22;5-3(6)1-2-4(7)8/h1-2,5-10,19H,3-4,11-16H2,(H,24,25);1-2H,(H,5,6)(H,7,8). The molecule has 2 saturated heterocycles. The molecule has 2 aliphatic heterocycles. The lowest BCUT2D eigenvalue weighted by Crippen LogP contribution is -2.37. The van der Waals surface area contributed by atoms with Crippen molar-refractivity contribution in [3.05, 3.63) is 77.6 Å². The lowest BCUT2D eigenvalue weighted by atomic mass is 10.1. The van der Waals surface area contributed by atoms with Crippen molar-refractivity contribution in [2.45, 2.75) is 31.7 Å². The van der Waals surface area contributed by atoms with Crippen LogP contribution < -0.4 is 0 Å². The zero-order valence-corrected chi connectivity index (χ0v) is 20.0. The van der Waals surface area contributed by atoms with Crippen LogP contribution in [0, 0.1) is 0 Å². The number of para-hydroxylation sites is 2. The fraction of sp³-hybridized carbons (Fsp3) is 0.333. The van der Waals surface area contributed by atoms with E-state index < -0.39 is 11.9 Å². The largest absolute Gasteiger partial charge is 0.478 e. The molecule has 3 aromatic rings. The van der Waals surface area contributed by atoms with Crippen LogP contribution in [0.5, 0.6) is 0 Å². The number of carboxylic acid groups (broad SMARTS) is 2. The Labute approximate surface area is 209 Å². The van der Waals surface area contributed by atoms with Crippen molar-refractivity contribution in [2.24, 2.45) is 0 Å². The van der Waals surface area contributed by atoms with Crippen molar-refractivity contribution in [1.29, 1.82) is 0 Å². The number of imidazole rings is 1. The van der Waals surface area contributed by atoms with Gasteiger partial charge in [0, 0.05) is 43.3 Å². The van der Waals surface area contributed by atoms with E-state index in [1.54, 1.807) is 0 Å². The summed E-state index contributed by atoms with van der Waals surface area (Å²) in [5.41, 5.74) is 4.00. The van der Waals surface area contributed by atoms with Gasteiger partial charge in [0.05, 0.1) is 11.0 Å². The summed E-state index contributed by atoms with van der Waals surface area (Å²) in [7, 11) is 0. The van der Waals surface area contributed by atoms with Crippen molar-refractivity contribution >= 4 is 28.9 Å². The molecule has 188 valence electrons. The molecule has 3 N–H and O–H groups in total. The monoisotopic (exact) mass is 490 g/mol. The van der Waals surface area contributed by atoms with E-state index in [0.29, 0.717) is 18.2 Å². The van der Waals surface area contributed by atoms with Crippen LogP contribution in [-0.4, -0.2) is 80.0 Å². The number of H-pyrrole nitrogens is 1. The highest BCUT2D eigenvalue weighted by Gasteiger charge is 2.31. The Morgan fingerprint density at radius 3 is 2.25 bits per heavy atom. The van der Waals surface area contributed by atoms with E-state index >= 15 is 0 Å². The average molecular weight is 491 g/mol. The molecular formula is C27H30N4O5. The van der Waals surface area contributed by atoms with Crippen LogP contribution in [0.15, 0.2) is 60.7 Å². The zero-order chi connectivity index (χ0) is 25.5. The van der Waals surface area contributed by atoms with Crippen LogP contribution in [0.2, 0.25) is 0 Å². The quantitative estimate of drug-likeness (QED) is 0.453. The Kier molecular flexibility index (Phi) is 8.12. The molecule has 1 amide bonds. The Morgan fingerprint density at radius 2 is 1.61 bits per heavy atom. The number of rotatable bonds is 6. The van der Waals surface area contributed by atoms with Crippen molar-refractivity contribution in [2.75, 3.05) is 26.2 Å². The first-order valence-corrected chi connectivity index (χ1v) is 12.1. The van der Waals surface area contributed by atoms with Gasteiger partial charge in [-0.15, -0.1) is 0 Å². The van der Waals surface area contributed by atoms with E-state index in [0.717, 1.165) is 53.9 Å². The van der Waals surface area contributed by atoms with Crippen LogP contribution in [0.25, 0.3) is 11.0 Å². The van der Waals surface area contributed by atoms with Crippen molar-refractivity contribution < 1.29 is 24.6 Å². The van der Waals surface area contributed by atoms with Crippen LogP contribution in [0.4, 0.5) is 0 Å². The van der Waals surface area contributed by atoms with Gasteiger partial charge in [-0.1, -0.05) is 24.3 Å². The molecular weight excluding hydrogens is 460 g/mol. The summed E-state index contributed by atoms with van der Waals surface area (Å²) in [5.74, 6) is -1.40. The van der Waals surface area contributed by atoms with Gasteiger partial charge in [0.2, 0.25) is 0 Å². The molecule has 36 heavy (non-hydrogen) atoms. The molecule has 2 aliphatic rings. The number of carbonyl (C=O) groups is 3. The van der Waals surface area contributed by atoms with Crippen LogP contribution in [-0.2, 0) is 16.0 Å². The third kappa shape index (κ3) is 6.57. The van der Waals surface area contributed by atoms with Gasteiger partial charge >= 0.3 is 11.9 Å². The number of aliphatic carboxylic acids is 2. The zero-order valence-electron chi connectivity index (χ0n) is 20.0. The molecule has 1 atom stereocenters. The number of carboxylic acids is 2. The molecule has 0 bridgehead atoms. The summed E-state index contributed by atoms with van der Waals surface area (Å²) in [6.07, 6.45) is 5.57. The Balaban J connectivity index is 0.000000331. The minimum atomic E-state index is -1.26.